The number of aryl methyl sites for hydroxylation is 1. The summed E-state index contributed by atoms with van der Waals surface area (Å²) < 4.78 is 2.87. The van der Waals surface area contributed by atoms with E-state index in [0.717, 1.165) is 18.4 Å². The number of aliphatic carboxylic acids is 1. The number of hydrogen-bond donors (Lipinski definition) is 2. The molecule has 0 unspecified atom stereocenters. The van der Waals surface area contributed by atoms with E-state index in [2.05, 4.69) is 15.5 Å². The van der Waals surface area contributed by atoms with Crippen LogP contribution in [0.2, 0.25) is 0 Å². The number of carboxylic acid groups (broad SMARTS) is 1. The molecule has 8 heteroatoms. The largest absolute Gasteiger partial charge is 0.479 e. The van der Waals surface area contributed by atoms with Crippen LogP contribution in [0.4, 0.5) is 5.82 Å². The van der Waals surface area contributed by atoms with Gasteiger partial charge < -0.3 is 10.4 Å². The number of amides is 1. The molecule has 2 heterocycles. The third-order valence-electron chi connectivity index (χ3n) is 4.13. The summed E-state index contributed by atoms with van der Waals surface area (Å²) in [6, 6.07) is 1.58. The van der Waals surface area contributed by atoms with E-state index < -0.39 is 11.5 Å². The van der Waals surface area contributed by atoms with Crippen LogP contribution in [0.15, 0.2) is 18.5 Å². The van der Waals surface area contributed by atoms with Crippen LogP contribution in [-0.2, 0) is 17.4 Å². The van der Waals surface area contributed by atoms with Gasteiger partial charge in [-0.05, 0) is 32.6 Å². The predicted molar refractivity (Wildman–Crippen MR) is 82.3 cm³/mol. The first-order chi connectivity index (χ1) is 10.8. The molecule has 23 heavy (non-hydrogen) atoms. The summed E-state index contributed by atoms with van der Waals surface area (Å²) in [4.78, 5) is 23.8. The Labute approximate surface area is 133 Å². The molecule has 1 aliphatic carbocycles. The highest BCUT2D eigenvalue weighted by molar-refractivity contribution is 6.03. The quantitative estimate of drug-likeness (QED) is 0.871. The van der Waals surface area contributed by atoms with Crippen molar-refractivity contribution in [1.29, 1.82) is 0 Å². The molecule has 2 aromatic rings. The molecule has 2 aromatic heterocycles. The molecule has 2 N–H and O–H groups in total. The summed E-state index contributed by atoms with van der Waals surface area (Å²) in [6.07, 6.45) is 5.42. The van der Waals surface area contributed by atoms with Crippen molar-refractivity contribution in [1.82, 2.24) is 19.6 Å². The number of nitrogens with zero attached hydrogens (tertiary/aromatic N) is 4. The third kappa shape index (κ3) is 2.71. The van der Waals surface area contributed by atoms with Crippen LogP contribution in [-0.4, -0.2) is 36.5 Å². The van der Waals surface area contributed by atoms with Crippen molar-refractivity contribution in [3.05, 3.63) is 29.7 Å². The molecular weight excluding hydrogens is 298 g/mol. The smallest absolute Gasteiger partial charge is 0.331 e. The van der Waals surface area contributed by atoms with Crippen LogP contribution in [0, 0.1) is 0 Å². The van der Waals surface area contributed by atoms with E-state index in [-0.39, 0.29) is 5.91 Å². The van der Waals surface area contributed by atoms with Crippen LogP contribution in [0.5, 0.6) is 0 Å². The van der Waals surface area contributed by atoms with Gasteiger partial charge in [-0.25, -0.2) is 4.79 Å². The third-order valence-corrected chi connectivity index (χ3v) is 4.13. The minimum absolute atomic E-state index is 0.287. The first-order valence-electron chi connectivity index (χ1n) is 7.43. The van der Waals surface area contributed by atoms with E-state index in [4.69, 9.17) is 0 Å². The zero-order valence-electron chi connectivity index (χ0n) is 13.3. The molecule has 0 bridgehead atoms. The molecule has 0 atom stereocenters. The maximum Gasteiger partial charge on any atom is 0.331 e. The average molecular weight is 317 g/mol. The van der Waals surface area contributed by atoms with Crippen molar-refractivity contribution in [2.45, 2.75) is 38.1 Å². The second kappa shape index (κ2) is 5.22. The lowest BCUT2D eigenvalue weighted by Crippen LogP contribution is -2.36. The fraction of sp³-hybridized carbons (Fsp3) is 0.467. The van der Waals surface area contributed by atoms with E-state index in [0.29, 0.717) is 17.4 Å². The Bertz CT molecular complexity index is 770. The van der Waals surface area contributed by atoms with Gasteiger partial charge >= 0.3 is 5.97 Å². The van der Waals surface area contributed by atoms with Gasteiger partial charge in [-0.2, -0.15) is 10.2 Å². The van der Waals surface area contributed by atoms with Crippen molar-refractivity contribution >= 4 is 17.7 Å². The second-order valence-corrected chi connectivity index (χ2v) is 6.31. The number of rotatable bonds is 5. The summed E-state index contributed by atoms with van der Waals surface area (Å²) in [5.41, 5.74) is 0.296. The SMILES string of the molecule is Cn1ncc(C2CC2)c1C(=O)Nc1ccn(C(C)(C)C(=O)O)n1. The van der Waals surface area contributed by atoms with Crippen molar-refractivity contribution in [2.24, 2.45) is 7.05 Å². The van der Waals surface area contributed by atoms with E-state index in [1.54, 1.807) is 37.8 Å². The number of carbonyl (C=O) groups excluding carboxylic acids is 1. The molecule has 3 rings (SSSR count). The first-order valence-corrected chi connectivity index (χ1v) is 7.43. The van der Waals surface area contributed by atoms with Gasteiger partial charge in [-0.15, -0.1) is 0 Å². The van der Waals surface area contributed by atoms with Crippen molar-refractivity contribution < 1.29 is 14.7 Å². The number of nitrogens with one attached hydrogen (secondary N) is 1. The molecule has 0 aromatic carbocycles. The highest BCUT2D eigenvalue weighted by atomic mass is 16.4. The van der Waals surface area contributed by atoms with Crippen molar-refractivity contribution in [2.75, 3.05) is 5.32 Å². The summed E-state index contributed by atoms with van der Waals surface area (Å²) in [7, 11) is 1.73. The van der Waals surface area contributed by atoms with Crippen LogP contribution in [0.1, 0.15) is 48.7 Å². The minimum atomic E-state index is -1.19. The van der Waals surface area contributed by atoms with E-state index >= 15 is 0 Å². The fourth-order valence-electron chi connectivity index (χ4n) is 2.40. The Morgan fingerprint density at radius 3 is 2.70 bits per heavy atom. The predicted octanol–water partition coefficient (Wildman–Crippen LogP) is 1.57. The van der Waals surface area contributed by atoms with E-state index in [1.807, 2.05) is 0 Å². The van der Waals surface area contributed by atoms with Crippen molar-refractivity contribution in [3.8, 4) is 0 Å². The minimum Gasteiger partial charge on any atom is -0.479 e. The number of carboxylic acids is 1. The first kappa shape index (κ1) is 15.3. The second-order valence-electron chi connectivity index (χ2n) is 6.31. The molecule has 122 valence electrons. The summed E-state index contributed by atoms with van der Waals surface area (Å²) in [5, 5.41) is 20.2. The van der Waals surface area contributed by atoms with Gasteiger partial charge in [0.25, 0.3) is 5.91 Å². The Hall–Kier alpha value is -2.64. The fourth-order valence-corrected chi connectivity index (χ4v) is 2.40. The van der Waals surface area contributed by atoms with Gasteiger partial charge in [0.1, 0.15) is 5.69 Å². The van der Waals surface area contributed by atoms with Crippen molar-refractivity contribution in [3.63, 3.8) is 0 Å². The number of hydrogen-bond acceptors (Lipinski definition) is 4. The lowest BCUT2D eigenvalue weighted by molar-refractivity contribution is -0.146. The molecular formula is C15H19N5O3. The topological polar surface area (TPSA) is 102 Å². The summed E-state index contributed by atoms with van der Waals surface area (Å²) in [6.45, 7) is 3.08. The Balaban J connectivity index is 1.81. The average Bonchev–Trinajstić information content (AvgIpc) is 3.08. The summed E-state index contributed by atoms with van der Waals surface area (Å²) in [5.74, 6) is -0.563. The lowest BCUT2D eigenvalue weighted by atomic mass is 10.1. The normalized spacial score (nSPS) is 14.7. The van der Waals surface area contributed by atoms with Gasteiger partial charge in [-0.1, -0.05) is 0 Å². The van der Waals surface area contributed by atoms with Gasteiger partial charge in [0, 0.05) is 24.9 Å². The number of carbonyl (C=O) groups is 2. The highest BCUT2D eigenvalue weighted by Gasteiger charge is 2.32. The maximum atomic E-state index is 12.5. The zero-order valence-corrected chi connectivity index (χ0v) is 13.3. The molecule has 1 aliphatic rings. The molecule has 0 aliphatic heterocycles. The number of anilines is 1. The number of aromatic nitrogens is 4. The molecule has 1 amide bonds. The van der Waals surface area contributed by atoms with E-state index in [1.165, 1.54) is 10.9 Å². The van der Waals surface area contributed by atoms with Crippen LogP contribution in [0.3, 0.4) is 0 Å². The van der Waals surface area contributed by atoms with Crippen LogP contribution < -0.4 is 5.32 Å². The van der Waals surface area contributed by atoms with Gasteiger partial charge in [0.2, 0.25) is 0 Å². The lowest BCUT2D eigenvalue weighted by Gasteiger charge is -2.19. The molecule has 1 fully saturated rings. The Morgan fingerprint density at radius 1 is 1.39 bits per heavy atom. The maximum absolute atomic E-state index is 12.5. The molecule has 0 spiro atoms. The van der Waals surface area contributed by atoms with Gasteiger partial charge in [-0.3, -0.25) is 14.2 Å². The monoisotopic (exact) mass is 317 g/mol. The zero-order chi connectivity index (χ0) is 16.8. The molecule has 0 saturated heterocycles. The highest BCUT2D eigenvalue weighted by Crippen LogP contribution is 2.41. The van der Waals surface area contributed by atoms with Gasteiger partial charge in [0.15, 0.2) is 11.4 Å². The summed E-state index contributed by atoms with van der Waals surface area (Å²) >= 11 is 0. The van der Waals surface area contributed by atoms with E-state index in [9.17, 15) is 14.7 Å². The molecule has 1 saturated carbocycles. The van der Waals surface area contributed by atoms with Crippen LogP contribution >= 0.6 is 0 Å². The standard InChI is InChI=1S/C15H19N5O3/c1-15(2,14(22)23)20-7-6-11(18-20)17-13(21)12-10(9-4-5-9)8-16-19(12)3/h6-9H,4-5H2,1-3H3,(H,22,23)(H,17,18,21). The molecule has 8 nitrogen and oxygen atoms in total. The Kier molecular flexibility index (Phi) is 3.46. The van der Waals surface area contributed by atoms with Gasteiger partial charge in [0.05, 0.1) is 6.20 Å². The Morgan fingerprint density at radius 2 is 2.09 bits per heavy atom. The molecule has 0 radical (unpaired) electrons. The van der Waals surface area contributed by atoms with Crippen LogP contribution in [0.25, 0.3) is 0 Å².